The summed E-state index contributed by atoms with van der Waals surface area (Å²) in [6, 6.07) is 7.57. The number of rotatable bonds is 6. The van der Waals surface area contributed by atoms with Crippen LogP contribution in [0.1, 0.15) is 5.56 Å². The number of nitrogens with zero attached hydrogens (tertiary/aromatic N) is 1. The third-order valence-corrected chi connectivity index (χ3v) is 5.30. The highest BCUT2D eigenvalue weighted by Gasteiger charge is 2.30. The van der Waals surface area contributed by atoms with Crippen LogP contribution < -0.4 is 10.2 Å². The number of thioether (sulfide) groups is 1. The van der Waals surface area contributed by atoms with Crippen molar-refractivity contribution in [2.45, 2.75) is 12.2 Å². The van der Waals surface area contributed by atoms with E-state index in [-0.39, 0.29) is 36.1 Å². The maximum Gasteiger partial charge on any atom is 0.320 e. The summed E-state index contributed by atoms with van der Waals surface area (Å²) >= 11 is 1.51. The van der Waals surface area contributed by atoms with Crippen molar-refractivity contribution in [1.82, 2.24) is 4.90 Å². The van der Waals surface area contributed by atoms with Gasteiger partial charge < -0.3 is 19.9 Å². The number of esters is 1. The second kappa shape index (κ2) is 9.59. The molecule has 1 fully saturated rings. The molecule has 1 unspecified atom stereocenters. The summed E-state index contributed by atoms with van der Waals surface area (Å²) in [5.74, 6) is 0.213. The molecule has 1 aromatic carbocycles. The van der Waals surface area contributed by atoms with Gasteiger partial charge in [-0.1, -0.05) is 17.7 Å². The Bertz CT molecular complexity index is 650. The van der Waals surface area contributed by atoms with Crippen molar-refractivity contribution < 1.29 is 24.0 Å². The Morgan fingerprint density at radius 2 is 1.96 bits per heavy atom. The Hall–Kier alpha value is -2.06. The standard InChI is InChI=1S/C18H25N3O4S/c1-13-4-6-14(7-5-13)19-16(22)11-20(2)12-17(23)21-8-9-26-15(10-21)18(24)25-3/h4-7,15H,8-12H2,1-3H3,(H,19,22)/p+1/t15-/m0/s1. The number of likely N-dealkylation sites (N-methyl/N-ethyl adjacent to an activating group) is 1. The summed E-state index contributed by atoms with van der Waals surface area (Å²) in [5, 5.41) is 2.50. The van der Waals surface area contributed by atoms with Gasteiger partial charge in [-0.15, -0.1) is 11.8 Å². The molecule has 0 spiro atoms. The zero-order valence-corrected chi connectivity index (χ0v) is 16.2. The summed E-state index contributed by atoms with van der Waals surface area (Å²) in [5.41, 5.74) is 1.87. The second-order valence-corrected chi connectivity index (χ2v) is 7.76. The Morgan fingerprint density at radius 3 is 2.62 bits per heavy atom. The zero-order chi connectivity index (χ0) is 19.1. The van der Waals surface area contributed by atoms with Crippen LogP contribution in [0.2, 0.25) is 0 Å². The number of amides is 2. The minimum absolute atomic E-state index is 0.0557. The molecule has 1 saturated heterocycles. The topological polar surface area (TPSA) is 80.2 Å². The first-order chi connectivity index (χ1) is 12.4. The third kappa shape index (κ3) is 6.03. The Labute approximate surface area is 158 Å². The van der Waals surface area contributed by atoms with Gasteiger partial charge in [-0.05, 0) is 19.1 Å². The summed E-state index contributed by atoms with van der Waals surface area (Å²) in [6.45, 7) is 3.36. The SMILES string of the molecule is COC(=O)[C@@H]1CN(C(=O)C[NH+](C)CC(=O)Nc2ccc(C)cc2)CCS1. The molecule has 7 nitrogen and oxygen atoms in total. The van der Waals surface area contributed by atoms with Crippen LogP contribution in [0.4, 0.5) is 5.69 Å². The fourth-order valence-electron chi connectivity index (χ4n) is 2.70. The minimum Gasteiger partial charge on any atom is -0.468 e. The minimum atomic E-state index is -0.331. The molecule has 2 atom stereocenters. The molecule has 2 N–H and O–H groups in total. The molecule has 26 heavy (non-hydrogen) atoms. The zero-order valence-electron chi connectivity index (χ0n) is 15.4. The normalized spacial score (nSPS) is 18.1. The molecular weight excluding hydrogens is 354 g/mol. The lowest BCUT2D eigenvalue weighted by molar-refractivity contribution is -0.862. The van der Waals surface area contributed by atoms with E-state index in [1.54, 1.807) is 4.90 Å². The largest absolute Gasteiger partial charge is 0.468 e. The molecule has 1 aliphatic rings. The molecule has 0 saturated carbocycles. The summed E-state index contributed by atoms with van der Waals surface area (Å²) in [4.78, 5) is 38.7. The second-order valence-electron chi connectivity index (χ2n) is 6.45. The summed E-state index contributed by atoms with van der Waals surface area (Å²) in [7, 11) is 3.16. The van der Waals surface area contributed by atoms with E-state index in [1.165, 1.54) is 18.9 Å². The molecule has 0 bridgehead atoms. The number of quaternary nitrogens is 1. The van der Waals surface area contributed by atoms with Crippen molar-refractivity contribution in [1.29, 1.82) is 0 Å². The number of carbonyl (C=O) groups is 3. The molecule has 0 aliphatic carbocycles. The number of anilines is 1. The van der Waals surface area contributed by atoms with E-state index in [9.17, 15) is 14.4 Å². The van der Waals surface area contributed by atoms with Crippen molar-refractivity contribution in [2.75, 3.05) is 51.4 Å². The molecule has 8 heteroatoms. The molecule has 1 aliphatic heterocycles. The summed E-state index contributed by atoms with van der Waals surface area (Å²) in [6.07, 6.45) is 0. The average molecular weight is 380 g/mol. The van der Waals surface area contributed by atoms with Crippen molar-refractivity contribution >= 4 is 35.2 Å². The van der Waals surface area contributed by atoms with Gasteiger partial charge in [0.05, 0.1) is 14.2 Å². The molecule has 0 radical (unpaired) electrons. The average Bonchev–Trinajstić information content (AvgIpc) is 2.62. The van der Waals surface area contributed by atoms with Gasteiger partial charge >= 0.3 is 5.97 Å². The molecular formula is C18H26N3O4S+. The Balaban J connectivity index is 1.79. The van der Waals surface area contributed by atoms with Gasteiger partial charge in [0.15, 0.2) is 13.1 Å². The van der Waals surface area contributed by atoms with Crippen molar-refractivity contribution in [3.63, 3.8) is 0 Å². The number of aryl methyl sites for hydroxylation is 1. The van der Waals surface area contributed by atoms with E-state index < -0.39 is 0 Å². The highest BCUT2D eigenvalue weighted by Crippen LogP contribution is 2.19. The van der Waals surface area contributed by atoms with Gasteiger partial charge in [0, 0.05) is 24.5 Å². The van der Waals surface area contributed by atoms with Crippen molar-refractivity contribution in [2.24, 2.45) is 0 Å². The number of nitrogens with one attached hydrogen (secondary N) is 2. The van der Waals surface area contributed by atoms with E-state index in [1.807, 2.05) is 38.2 Å². The third-order valence-electron chi connectivity index (χ3n) is 4.13. The lowest BCUT2D eigenvalue weighted by Crippen LogP contribution is -3.11. The highest BCUT2D eigenvalue weighted by atomic mass is 32.2. The first-order valence-electron chi connectivity index (χ1n) is 8.54. The van der Waals surface area contributed by atoms with Crippen LogP contribution in [0.3, 0.4) is 0 Å². The Kier molecular flexibility index (Phi) is 7.47. The van der Waals surface area contributed by atoms with Crippen LogP contribution in [0, 0.1) is 6.92 Å². The van der Waals surface area contributed by atoms with Crippen LogP contribution in [-0.4, -0.2) is 74.0 Å². The number of benzene rings is 1. The number of carbonyl (C=O) groups excluding carboxylic acids is 3. The van der Waals surface area contributed by atoms with Crippen LogP contribution in [0.15, 0.2) is 24.3 Å². The fourth-order valence-corrected chi connectivity index (χ4v) is 3.83. The van der Waals surface area contributed by atoms with Gasteiger partial charge in [-0.3, -0.25) is 14.4 Å². The summed E-state index contributed by atoms with van der Waals surface area (Å²) < 4.78 is 4.76. The highest BCUT2D eigenvalue weighted by molar-refractivity contribution is 8.00. The first kappa shape index (κ1) is 20.3. The van der Waals surface area contributed by atoms with E-state index >= 15 is 0 Å². The number of ether oxygens (including phenoxy) is 1. The molecule has 1 aromatic rings. The predicted molar refractivity (Wildman–Crippen MR) is 101 cm³/mol. The molecule has 2 rings (SSSR count). The van der Waals surface area contributed by atoms with Gasteiger partial charge in [0.2, 0.25) is 0 Å². The van der Waals surface area contributed by atoms with E-state index in [0.717, 1.165) is 16.2 Å². The van der Waals surface area contributed by atoms with Gasteiger partial charge in [-0.25, -0.2) is 0 Å². The first-order valence-corrected chi connectivity index (χ1v) is 9.59. The molecule has 0 aromatic heterocycles. The van der Waals surface area contributed by atoms with E-state index in [0.29, 0.717) is 18.8 Å². The van der Waals surface area contributed by atoms with Crippen LogP contribution in [0.25, 0.3) is 0 Å². The fraction of sp³-hybridized carbons (Fsp3) is 0.500. The van der Waals surface area contributed by atoms with Gasteiger partial charge in [0.25, 0.3) is 11.8 Å². The van der Waals surface area contributed by atoms with Crippen molar-refractivity contribution in [3.05, 3.63) is 29.8 Å². The lowest BCUT2D eigenvalue weighted by atomic mass is 10.2. The quantitative estimate of drug-likeness (QED) is 0.655. The van der Waals surface area contributed by atoms with Gasteiger partial charge in [-0.2, -0.15) is 0 Å². The van der Waals surface area contributed by atoms with Crippen LogP contribution in [-0.2, 0) is 19.1 Å². The lowest BCUT2D eigenvalue weighted by Gasteiger charge is -2.31. The Morgan fingerprint density at radius 1 is 1.27 bits per heavy atom. The predicted octanol–water partition coefficient (Wildman–Crippen LogP) is -0.435. The van der Waals surface area contributed by atoms with Gasteiger partial charge in [0.1, 0.15) is 5.25 Å². The molecule has 1 heterocycles. The van der Waals surface area contributed by atoms with Crippen LogP contribution in [0.5, 0.6) is 0 Å². The van der Waals surface area contributed by atoms with E-state index in [4.69, 9.17) is 4.74 Å². The number of methoxy groups -OCH3 is 1. The van der Waals surface area contributed by atoms with Crippen molar-refractivity contribution in [3.8, 4) is 0 Å². The maximum absolute atomic E-state index is 12.5. The molecule has 2 amide bonds. The van der Waals surface area contributed by atoms with E-state index in [2.05, 4.69) is 5.32 Å². The maximum atomic E-state index is 12.5. The monoisotopic (exact) mass is 380 g/mol. The smallest absolute Gasteiger partial charge is 0.320 e. The molecule has 142 valence electrons. The van der Waals surface area contributed by atoms with Crippen LogP contribution >= 0.6 is 11.8 Å². The number of hydrogen-bond acceptors (Lipinski definition) is 5. The number of hydrogen-bond donors (Lipinski definition) is 2.